The predicted molar refractivity (Wildman–Crippen MR) is 121 cm³/mol. The van der Waals surface area contributed by atoms with Gasteiger partial charge < -0.3 is 19.5 Å². The third-order valence-corrected chi connectivity index (χ3v) is 6.84. The molecule has 2 atom stereocenters. The highest BCUT2D eigenvalue weighted by Gasteiger charge is 2.34. The molecule has 2 aliphatic rings. The van der Waals surface area contributed by atoms with Gasteiger partial charge in [-0.1, -0.05) is 18.6 Å². The van der Waals surface area contributed by atoms with Crippen LogP contribution in [0.4, 0.5) is 0 Å². The van der Waals surface area contributed by atoms with Gasteiger partial charge in [-0.15, -0.1) is 0 Å². The molecule has 2 aromatic rings. The summed E-state index contributed by atoms with van der Waals surface area (Å²) in [4.78, 5) is 37.4. The van der Waals surface area contributed by atoms with E-state index in [-0.39, 0.29) is 11.5 Å². The van der Waals surface area contributed by atoms with E-state index in [1.54, 1.807) is 13.2 Å². The predicted octanol–water partition coefficient (Wildman–Crippen LogP) is 2.60. The van der Waals surface area contributed by atoms with Gasteiger partial charge in [0.15, 0.2) is 0 Å². The second-order valence-corrected chi connectivity index (χ2v) is 8.86. The first-order valence-corrected chi connectivity index (χ1v) is 11.6. The SMILES string of the molecule is COCCN(C[C@@H]1CCCN2CCCC[C@@H]12)C(=O)CCc1nc2ccccc2c(=O)[nH]1. The molecule has 0 saturated carbocycles. The lowest BCUT2D eigenvalue weighted by atomic mass is 9.83. The number of rotatable bonds is 8. The summed E-state index contributed by atoms with van der Waals surface area (Å²) in [6, 6.07) is 7.91. The minimum absolute atomic E-state index is 0.112. The Balaban J connectivity index is 1.41. The van der Waals surface area contributed by atoms with Crippen LogP contribution in [-0.2, 0) is 16.0 Å². The van der Waals surface area contributed by atoms with E-state index in [4.69, 9.17) is 4.74 Å². The number of amides is 1. The lowest BCUT2D eigenvalue weighted by molar-refractivity contribution is -0.133. The number of carbonyl (C=O) groups excluding carboxylic acids is 1. The second kappa shape index (κ2) is 10.4. The van der Waals surface area contributed by atoms with Crippen molar-refractivity contribution in [1.82, 2.24) is 19.8 Å². The number of hydrogen-bond acceptors (Lipinski definition) is 5. The van der Waals surface area contributed by atoms with E-state index in [0.717, 1.165) is 6.54 Å². The lowest BCUT2D eigenvalue weighted by Crippen LogP contribution is -2.52. The molecule has 1 aromatic heterocycles. The number of nitrogens with zero attached hydrogens (tertiary/aromatic N) is 3. The van der Waals surface area contributed by atoms with Crippen molar-refractivity contribution >= 4 is 16.8 Å². The van der Waals surface area contributed by atoms with Crippen LogP contribution in [0.25, 0.3) is 10.9 Å². The maximum Gasteiger partial charge on any atom is 0.258 e. The van der Waals surface area contributed by atoms with E-state index >= 15 is 0 Å². The molecule has 0 radical (unpaired) electrons. The number of H-pyrrole nitrogens is 1. The molecular formula is C24H34N4O3. The number of aryl methyl sites for hydroxylation is 1. The van der Waals surface area contributed by atoms with Crippen molar-refractivity contribution in [1.29, 1.82) is 0 Å². The van der Waals surface area contributed by atoms with Gasteiger partial charge in [-0.25, -0.2) is 4.98 Å². The fourth-order valence-electron chi connectivity index (χ4n) is 5.23. The van der Waals surface area contributed by atoms with Crippen LogP contribution in [-0.4, -0.2) is 71.6 Å². The molecule has 0 unspecified atom stereocenters. The maximum atomic E-state index is 13.1. The summed E-state index contributed by atoms with van der Waals surface area (Å²) in [7, 11) is 1.68. The average molecular weight is 427 g/mol. The summed E-state index contributed by atoms with van der Waals surface area (Å²) in [5, 5.41) is 0.577. The zero-order valence-electron chi connectivity index (χ0n) is 18.5. The first-order valence-electron chi connectivity index (χ1n) is 11.6. The number of aromatic amines is 1. The number of nitrogens with one attached hydrogen (secondary N) is 1. The van der Waals surface area contributed by atoms with E-state index in [0.29, 0.717) is 54.7 Å². The van der Waals surface area contributed by atoms with Crippen LogP contribution < -0.4 is 5.56 Å². The smallest absolute Gasteiger partial charge is 0.258 e. The monoisotopic (exact) mass is 426 g/mol. The van der Waals surface area contributed by atoms with Crippen molar-refractivity contribution in [3.05, 3.63) is 40.4 Å². The number of piperidine rings is 2. The summed E-state index contributed by atoms with van der Waals surface area (Å²) in [5.74, 6) is 1.22. The van der Waals surface area contributed by atoms with Gasteiger partial charge in [0, 0.05) is 39.1 Å². The van der Waals surface area contributed by atoms with Gasteiger partial charge in [0.1, 0.15) is 5.82 Å². The van der Waals surface area contributed by atoms with Crippen LogP contribution in [0.1, 0.15) is 44.3 Å². The number of benzene rings is 1. The lowest BCUT2D eigenvalue weighted by Gasteiger charge is -2.45. The maximum absolute atomic E-state index is 13.1. The third kappa shape index (κ3) is 5.33. The molecule has 0 bridgehead atoms. The van der Waals surface area contributed by atoms with E-state index < -0.39 is 0 Å². The Morgan fingerprint density at radius 1 is 1.23 bits per heavy atom. The highest BCUT2D eigenvalue weighted by atomic mass is 16.5. The first-order chi connectivity index (χ1) is 15.2. The first kappa shape index (κ1) is 22.0. The van der Waals surface area contributed by atoms with Gasteiger partial charge in [0.2, 0.25) is 5.91 Å². The van der Waals surface area contributed by atoms with E-state index in [2.05, 4.69) is 14.9 Å². The molecule has 4 rings (SSSR count). The molecule has 0 aliphatic carbocycles. The van der Waals surface area contributed by atoms with Gasteiger partial charge in [0.05, 0.1) is 17.5 Å². The van der Waals surface area contributed by atoms with Crippen molar-refractivity contribution < 1.29 is 9.53 Å². The number of hydrogen-bond donors (Lipinski definition) is 1. The summed E-state index contributed by atoms with van der Waals surface area (Å²) < 4.78 is 5.28. The van der Waals surface area contributed by atoms with Gasteiger partial charge in [0.25, 0.3) is 5.56 Å². The van der Waals surface area contributed by atoms with Gasteiger partial charge in [-0.2, -0.15) is 0 Å². The van der Waals surface area contributed by atoms with Crippen molar-refractivity contribution in [2.24, 2.45) is 5.92 Å². The van der Waals surface area contributed by atoms with Crippen LogP contribution in [0.3, 0.4) is 0 Å². The highest BCUT2D eigenvalue weighted by Crippen LogP contribution is 2.31. The molecule has 31 heavy (non-hydrogen) atoms. The van der Waals surface area contributed by atoms with Crippen LogP contribution in [0.5, 0.6) is 0 Å². The van der Waals surface area contributed by atoms with E-state index in [9.17, 15) is 9.59 Å². The zero-order chi connectivity index (χ0) is 21.6. The Morgan fingerprint density at radius 3 is 2.94 bits per heavy atom. The second-order valence-electron chi connectivity index (χ2n) is 8.86. The van der Waals surface area contributed by atoms with Crippen molar-refractivity contribution in [3.63, 3.8) is 0 Å². The standard InChI is InChI=1S/C24H34N4O3/c1-31-16-15-28(17-18-7-6-14-27-13-5-4-10-21(18)27)23(29)12-11-22-25-20-9-3-2-8-19(20)24(30)26-22/h2-3,8-9,18,21H,4-7,10-17H2,1H3,(H,25,26,30)/t18-,21-/m0/s1. The number of fused-ring (bicyclic) bond motifs is 2. The van der Waals surface area contributed by atoms with Gasteiger partial charge in [-0.05, 0) is 56.8 Å². The molecule has 2 saturated heterocycles. The molecule has 2 fully saturated rings. The molecule has 168 valence electrons. The normalized spacial score (nSPS) is 21.7. The third-order valence-electron chi connectivity index (χ3n) is 6.84. The molecule has 7 nitrogen and oxygen atoms in total. The zero-order valence-corrected chi connectivity index (χ0v) is 18.5. The van der Waals surface area contributed by atoms with Crippen LogP contribution >= 0.6 is 0 Å². The minimum atomic E-state index is -0.149. The molecule has 1 aromatic carbocycles. The molecule has 0 spiro atoms. The van der Waals surface area contributed by atoms with Crippen LogP contribution in [0, 0.1) is 5.92 Å². The number of ether oxygens (including phenoxy) is 1. The molecule has 3 heterocycles. The fourth-order valence-corrected chi connectivity index (χ4v) is 5.23. The molecule has 2 aliphatic heterocycles. The quantitative estimate of drug-likeness (QED) is 0.702. The highest BCUT2D eigenvalue weighted by molar-refractivity contribution is 5.78. The summed E-state index contributed by atoms with van der Waals surface area (Å²) in [6.07, 6.45) is 7.03. The fraction of sp³-hybridized carbons (Fsp3) is 0.625. The number of para-hydroxylation sites is 1. The topological polar surface area (TPSA) is 78.5 Å². The summed E-state index contributed by atoms with van der Waals surface area (Å²) in [5.41, 5.74) is 0.522. The van der Waals surface area contributed by atoms with E-state index in [1.165, 1.54) is 45.2 Å². The van der Waals surface area contributed by atoms with E-state index in [1.807, 2.05) is 23.1 Å². The molecular weight excluding hydrogens is 392 g/mol. The summed E-state index contributed by atoms with van der Waals surface area (Å²) >= 11 is 0. The minimum Gasteiger partial charge on any atom is -0.383 e. The van der Waals surface area contributed by atoms with Crippen LogP contribution in [0.2, 0.25) is 0 Å². The Hall–Kier alpha value is -2.25. The van der Waals surface area contributed by atoms with Gasteiger partial charge >= 0.3 is 0 Å². The average Bonchev–Trinajstić information content (AvgIpc) is 2.80. The number of aromatic nitrogens is 2. The molecule has 1 N–H and O–H groups in total. The van der Waals surface area contributed by atoms with Crippen molar-refractivity contribution in [3.8, 4) is 0 Å². The van der Waals surface area contributed by atoms with Crippen molar-refractivity contribution in [2.75, 3.05) is 39.9 Å². The largest absolute Gasteiger partial charge is 0.383 e. The Morgan fingerprint density at radius 2 is 2.06 bits per heavy atom. The summed E-state index contributed by atoms with van der Waals surface area (Å²) in [6.45, 7) is 4.35. The van der Waals surface area contributed by atoms with Crippen LogP contribution in [0.15, 0.2) is 29.1 Å². The Bertz CT molecular complexity index is 942. The van der Waals surface area contributed by atoms with Gasteiger partial charge in [-0.3, -0.25) is 9.59 Å². The Kier molecular flexibility index (Phi) is 7.35. The number of carbonyl (C=O) groups is 1. The number of methoxy groups -OCH3 is 1. The molecule has 7 heteroatoms. The Labute approximate surface area is 183 Å². The van der Waals surface area contributed by atoms with Crippen molar-refractivity contribution in [2.45, 2.75) is 51.0 Å². The molecule has 1 amide bonds.